The SMILES string of the molecule is COc1ccc2c(O[C@@H]3CC(C(N)=O)N(C(=O)CNC(=O)OC(C)(C)C)C3)cc(OCC(F)(F)F)nc2c1C. The molecule has 39 heavy (non-hydrogen) atoms. The highest BCUT2D eigenvalue weighted by Crippen LogP contribution is 2.36. The van der Waals surface area contributed by atoms with Crippen molar-refractivity contribution < 1.29 is 46.5 Å². The summed E-state index contributed by atoms with van der Waals surface area (Å²) >= 11 is 0. The van der Waals surface area contributed by atoms with Gasteiger partial charge in [-0.15, -0.1) is 0 Å². The monoisotopic (exact) mass is 556 g/mol. The number of carbonyl (C=O) groups is 3. The molecule has 0 aliphatic carbocycles. The molecule has 0 saturated carbocycles. The molecule has 3 N–H and O–H groups in total. The van der Waals surface area contributed by atoms with E-state index in [1.165, 1.54) is 18.1 Å². The van der Waals surface area contributed by atoms with Gasteiger partial charge in [-0.2, -0.15) is 13.2 Å². The number of methoxy groups -OCH3 is 1. The third-order valence-corrected chi connectivity index (χ3v) is 5.71. The Bertz CT molecular complexity index is 1250. The molecule has 2 aromatic rings. The van der Waals surface area contributed by atoms with Crippen molar-refractivity contribution in [3.63, 3.8) is 0 Å². The summed E-state index contributed by atoms with van der Waals surface area (Å²) in [5.41, 5.74) is 5.59. The second kappa shape index (κ2) is 11.4. The molecule has 1 unspecified atom stereocenters. The van der Waals surface area contributed by atoms with Gasteiger partial charge in [0.1, 0.15) is 35.8 Å². The summed E-state index contributed by atoms with van der Waals surface area (Å²) in [6, 6.07) is 3.47. The highest BCUT2D eigenvalue weighted by Gasteiger charge is 2.40. The maximum absolute atomic E-state index is 12.8. The van der Waals surface area contributed by atoms with Gasteiger partial charge in [0.25, 0.3) is 0 Å². The van der Waals surface area contributed by atoms with Crippen molar-refractivity contribution in [3.05, 3.63) is 23.8 Å². The van der Waals surface area contributed by atoms with Crippen LogP contribution < -0.4 is 25.3 Å². The van der Waals surface area contributed by atoms with Gasteiger partial charge in [0.15, 0.2) is 6.61 Å². The van der Waals surface area contributed by atoms with Gasteiger partial charge in [0.05, 0.1) is 19.2 Å². The number of fused-ring (bicyclic) bond motifs is 1. The first-order chi connectivity index (χ1) is 18.1. The van der Waals surface area contributed by atoms with Crippen molar-refractivity contribution in [1.82, 2.24) is 15.2 Å². The molecule has 14 heteroatoms. The van der Waals surface area contributed by atoms with Crippen LogP contribution >= 0.6 is 0 Å². The van der Waals surface area contributed by atoms with Crippen molar-refractivity contribution in [3.8, 4) is 17.4 Å². The minimum Gasteiger partial charge on any atom is -0.496 e. The third kappa shape index (κ3) is 7.77. The summed E-state index contributed by atoms with van der Waals surface area (Å²) in [5.74, 6) is -1.11. The number of hydrogen-bond acceptors (Lipinski definition) is 8. The molecule has 1 aliphatic heterocycles. The minimum absolute atomic E-state index is 0.0191. The summed E-state index contributed by atoms with van der Waals surface area (Å²) in [6.07, 6.45) is -6.13. The number of aromatic nitrogens is 1. The number of alkyl carbamates (subject to hydrolysis) is 1. The largest absolute Gasteiger partial charge is 0.496 e. The molecule has 1 fully saturated rings. The molecule has 11 nitrogen and oxygen atoms in total. The fourth-order valence-electron chi connectivity index (χ4n) is 4.08. The standard InChI is InChI=1S/C25H31F3N4O7/c1-13-17(36-5)7-6-15-18(9-19(31-21(13)15)37-12-25(26,27)28)38-14-8-16(22(29)34)32(11-14)20(33)10-30-23(35)39-24(2,3)4/h6-7,9,14,16H,8,10-12H2,1-5H3,(H2,29,34)(H,30,35)/t14-,16?/m1/s1. The summed E-state index contributed by atoms with van der Waals surface area (Å²) in [4.78, 5) is 42.3. The van der Waals surface area contributed by atoms with E-state index in [4.69, 9.17) is 24.7 Å². The number of hydrogen-bond donors (Lipinski definition) is 2. The Morgan fingerprint density at radius 3 is 2.46 bits per heavy atom. The summed E-state index contributed by atoms with van der Waals surface area (Å²) in [7, 11) is 1.45. The quantitative estimate of drug-likeness (QED) is 0.506. The average molecular weight is 557 g/mol. The number of nitrogens with two attached hydrogens (primary N) is 1. The maximum Gasteiger partial charge on any atom is 0.422 e. The molecule has 1 aromatic carbocycles. The zero-order chi connectivity index (χ0) is 29.1. The predicted molar refractivity (Wildman–Crippen MR) is 133 cm³/mol. The Hall–Kier alpha value is -3.97. The Balaban J connectivity index is 1.84. The smallest absolute Gasteiger partial charge is 0.422 e. The number of alkyl halides is 3. The van der Waals surface area contributed by atoms with Gasteiger partial charge in [-0.3, -0.25) is 9.59 Å². The highest BCUT2D eigenvalue weighted by atomic mass is 19.4. The average Bonchev–Trinajstić information content (AvgIpc) is 3.24. The van der Waals surface area contributed by atoms with Crippen LogP contribution in [0.3, 0.4) is 0 Å². The Morgan fingerprint density at radius 1 is 1.18 bits per heavy atom. The second-order valence-corrected chi connectivity index (χ2v) is 9.95. The number of nitrogens with one attached hydrogen (secondary N) is 1. The fourth-order valence-corrected chi connectivity index (χ4v) is 4.08. The molecule has 2 atom stereocenters. The van der Waals surface area contributed by atoms with E-state index in [9.17, 15) is 27.6 Å². The van der Waals surface area contributed by atoms with Crippen LogP contribution in [0.4, 0.5) is 18.0 Å². The van der Waals surface area contributed by atoms with Crippen molar-refractivity contribution in [2.45, 2.75) is 58.0 Å². The van der Waals surface area contributed by atoms with Crippen molar-refractivity contribution in [2.24, 2.45) is 5.73 Å². The summed E-state index contributed by atoms with van der Waals surface area (Å²) < 4.78 is 59.7. The number of aryl methyl sites for hydroxylation is 1. The third-order valence-electron chi connectivity index (χ3n) is 5.71. The minimum atomic E-state index is -4.59. The van der Waals surface area contributed by atoms with Crippen LogP contribution in [0, 0.1) is 6.92 Å². The van der Waals surface area contributed by atoms with E-state index in [1.54, 1.807) is 39.8 Å². The van der Waals surface area contributed by atoms with Crippen LogP contribution in [0.15, 0.2) is 18.2 Å². The first-order valence-electron chi connectivity index (χ1n) is 12.0. The second-order valence-electron chi connectivity index (χ2n) is 9.95. The van der Waals surface area contributed by atoms with Crippen LogP contribution in [0.2, 0.25) is 0 Å². The first kappa shape index (κ1) is 29.6. The number of halogens is 3. The van der Waals surface area contributed by atoms with Gasteiger partial charge in [-0.1, -0.05) is 0 Å². The Labute approximate surface area is 222 Å². The van der Waals surface area contributed by atoms with Gasteiger partial charge in [-0.05, 0) is 39.8 Å². The lowest BCUT2D eigenvalue weighted by Gasteiger charge is -2.23. The zero-order valence-corrected chi connectivity index (χ0v) is 22.2. The number of pyridine rings is 1. The van der Waals surface area contributed by atoms with Crippen LogP contribution in [-0.2, 0) is 14.3 Å². The number of amides is 3. The number of primary amides is 1. The highest BCUT2D eigenvalue weighted by molar-refractivity contribution is 5.91. The number of likely N-dealkylation sites (tertiary alicyclic amines) is 1. The van der Waals surface area contributed by atoms with Crippen molar-refractivity contribution >= 4 is 28.8 Å². The van der Waals surface area contributed by atoms with E-state index in [1.807, 2.05) is 0 Å². The molecular weight excluding hydrogens is 525 g/mol. The summed E-state index contributed by atoms with van der Waals surface area (Å²) in [6.45, 7) is 4.61. The molecule has 0 radical (unpaired) electrons. The van der Waals surface area contributed by atoms with Gasteiger partial charge in [-0.25, -0.2) is 9.78 Å². The molecule has 1 aromatic heterocycles. The molecule has 3 amide bonds. The normalized spacial score (nSPS) is 17.6. The lowest BCUT2D eigenvalue weighted by Crippen LogP contribution is -2.48. The number of nitrogens with zero attached hydrogens (tertiary/aromatic N) is 2. The molecule has 1 saturated heterocycles. The van der Waals surface area contributed by atoms with Crippen LogP contribution in [-0.4, -0.2) is 78.5 Å². The van der Waals surface area contributed by atoms with Crippen molar-refractivity contribution in [1.29, 1.82) is 0 Å². The topological polar surface area (TPSA) is 142 Å². The van der Waals surface area contributed by atoms with E-state index in [2.05, 4.69) is 10.3 Å². The molecule has 3 rings (SSSR count). The van der Waals surface area contributed by atoms with E-state index in [-0.39, 0.29) is 24.6 Å². The maximum atomic E-state index is 12.8. The van der Waals surface area contributed by atoms with Crippen molar-refractivity contribution in [2.75, 3.05) is 26.8 Å². The lowest BCUT2D eigenvalue weighted by molar-refractivity contribution is -0.154. The summed E-state index contributed by atoms with van der Waals surface area (Å²) in [5, 5.41) is 2.80. The number of rotatable bonds is 8. The number of benzene rings is 1. The van der Waals surface area contributed by atoms with E-state index in [0.29, 0.717) is 22.2 Å². The molecule has 0 bridgehead atoms. The lowest BCUT2D eigenvalue weighted by atomic mass is 10.1. The van der Waals surface area contributed by atoms with Crippen LogP contribution in [0.25, 0.3) is 10.9 Å². The molecule has 1 aliphatic rings. The number of carbonyl (C=O) groups excluding carboxylic acids is 3. The molecular formula is C25H31F3N4O7. The van der Waals surface area contributed by atoms with Crippen LogP contribution in [0.5, 0.6) is 17.4 Å². The molecule has 0 spiro atoms. The Morgan fingerprint density at radius 2 is 1.87 bits per heavy atom. The Kier molecular flexibility index (Phi) is 8.66. The van der Waals surface area contributed by atoms with Gasteiger partial charge >= 0.3 is 12.3 Å². The zero-order valence-electron chi connectivity index (χ0n) is 22.2. The van der Waals surface area contributed by atoms with E-state index in [0.717, 1.165) is 0 Å². The first-order valence-corrected chi connectivity index (χ1v) is 12.0. The van der Waals surface area contributed by atoms with Gasteiger partial charge < -0.3 is 34.9 Å². The van der Waals surface area contributed by atoms with E-state index < -0.39 is 55.0 Å². The van der Waals surface area contributed by atoms with Gasteiger partial charge in [0, 0.05) is 23.4 Å². The fraction of sp³-hybridized carbons (Fsp3) is 0.520. The van der Waals surface area contributed by atoms with E-state index >= 15 is 0 Å². The van der Waals surface area contributed by atoms with Gasteiger partial charge in [0.2, 0.25) is 17.7 Å². The molecule has 214 valence electrons. The molecule has 2 heterocycles. The number of ether oxygens (including phenoxy) is 4. The van der Waals surface area contributed by atoms with Crippen LogP contribution in [0.1, 0.15) is 32.8 Å². The predicted octanol–water partition coefficient (Wildman–Crippen LogP) is 2.85.